The fourth-order valence-corrected chi connectivity index (χ4v) is 5.39. The van der Waals surface area contributed by atoms with E-state index in [4.69, 9.17) is 11.0 Å². The first-order chi connectivity index (χ1) is 19.6. The molecule has 7 nitrogen and oxygen atoms in total. The standard InChI is InChI=1S/C31H35F3N6O/c1-21(41)40-15-13-25(14-16-40)29(24-6-4-7-24)39(2)20-22-9-11-26(12-10-22)37-28(19-36)30(31(32,33)34)38-27-8-3-5-23(17-27)18-35/h3,5,8-12,17,19,25,37H,4,6-7,13-16,20,36H2,1-2H3/b28-19+,38-30?. The Labute approximate surface area is 238 Å². The molecule has 1 saturated heterocycles. The molecule has 1 aliphatic carbocycles. The minimum absolute atomic E-state index is 0.000681. The number of allylic oxidation sites excluding steroid dienone is 3. The smallest absolute Gasteiger partial charge is 0.403 e. The van der Waals surface area contributed by atoms with Gasteiger partial charge >= 0.3 is 6.18 Å². The molecule has 216 valence electrons. The summed E-state index contributed by atoms with van der Waals surface area (Å²) in [6.45, 7) is 3.83. The van der Waals surface area contributed by atoms with Gasteiger partial charge < -0.3 is 20.9 Å². The summed E-state index contributed by atoms with van der Waals surface area (Å²) in [6.07, 6.45) is 1.37. The highest BCUT2D eigenvalue weighted by Crippen LogP contribution is 2.38. The Morgan fingerprint density at radius 1 is 1.20 bits per heavy atom. The van der Waals surface area contributed by atoms with Gasteiger partial charge in [-0.15, -0.1) is 0 Å². The first kappa shape index (κ1) is 29.7. The molecule has 2 fully saturated rings. The quantitative estimate of drug-likeness (QED) is 0.370. The second-order valence-electron chi connectivity index (χ2n) is 10.5. The Morgan fingerprint density at radius 3 is 2.41 bits per heavy atom. The summed E-state index contributed by atoms with van der Waals surface area (Å²) >= 11 is 0. The number of nitrogens with two attached hydrogens (primary N) is 1. The number of nitrogens with one attached hydrogen (secondary N) is 1. The van der Waals surface area contributed by atoms with Crippen molar-refractivity contribution in [3.05, 3.63) is 82.8 Å². The number of carbonyl (C=O) groups excluding carboxylic acids is 1. The fourth-order valence-electron chi connectivity index (χ4n) is 5.39. The van der Waals surface area contributed by atoms with Gasteiger partial charge in [0.2, 0.25) is 5.91 Å². The van der Waals surface area contributed by atoms with Crippen LogP contribution < -0.4 is 11.1 Å². The van der Waals surface area contributed by atoms with Gasteiger partial charge in [-0.3, -0.25) is 4.79 Å². The Morgan fingerprint density at radius 2 is 1.88 bits per heavy atom. The molecule has 2 aliphatic rings. The monoisotopic (exact) mass is 564 g/mol. The normalized spacial score (nSPS) is 16.6. The van der Waals surface area contributed by atoms with Crippen molar-refractivity contribution < 1.29 is 18.0 Å². The number of likely N-dealkylation sites (tertiary alicyclic amines) is 1. The van der Waals surface area contributed by atoms with Crippen LogP contribution in [-0.4, -0.2) is 47.7 Å². The second-order valence-corrected chi connectivity index (χ2v) is 10.5. The molecule has 1 heterocycles. The number of carbonyl (C=O) groups is 1. The summed E-state index contributed by atoms with van der Waals surface area (Å²) in [4.78, 5) is 19.7. The van der Waals surface area contributed by atoms with E-state index in [1.165, 1.54) is 42.0 Å². The zero-order chi connectivity index (χ0) is 29.6. The van der Waals surface area contributed by atoms with Crippen LogP contribution in [0.3, 0.4) is 0 Å². The molecule has 10 heteroatoms. The van der Waals surface area contributed by atoms with Gasteiger partial charge in [-0.05, 0) is 68.0 Å². The maximum atomic E-state index is 14.0. The van der Waals surface area contributed by atoms with Gasteiger partial charge in [0.05, 0.1) is 23.0 Å². The SMILES string of the molecule is CC(=O)N1CCC(C(=C2CCC2)N(C)Cc2ccc(N/C(=C/N)C(=Nc3cccc(C#N)c3)C(F)(F)F)cc2)CC1. The van der Waals surface area contributed by atoms with E-state index in [1.54, 1.807) is 19.1 Å². The molecular formula is C31H35F3N6O. The number of hydrogen-bond acceptors (Lipinski definition) is 6. The highest BCUT2D eigenvalue weighted by molar-refractivity contribution is 6.07. The van der Waals surface area contributed by atoms with Gasteiger partial charge in [0.25, 0.3) is 0 Å². The lowest BCUT2D eigenvalue weighted by Gasteiger charge is -2.39. The van der Waals surface area contributed by atoms with E-state index in [2.05, 4.69) is 22.3 Å². The maximum absolute atomic E-state index is 14.0. The first-order valence-corrected chi connectivity index (χ1v) is 13.7. The molecule has 0 radical (unpaired) electrons. The second kappa shape index (κ2) is 12.9. The number of nitriles is 1. The van der Waals surface area contributed by atoms with E-state index in [9.17, 15) is 18.0 Å². The summed E-state index contributed by atoms with van der Waals surface area (Å²) in [5.74, 6) is 0.538. The van der Waals surface area contributed by atoms with E-state index >= 15 is 0 Å². The fraction of sp³-hybridized carbons (Fsp3) is 0.387. The number of halogens is 3. The number of alkyl halides is 3. The van der Waals surface area contributed by atoms with Crippen LogP contribution in [0, 0.1) is 17.2 Å². The highest BCUT2D eigenvalue weighted by atomic mass is 19.4. The van der Waals surface area contributed by atoms with Gasteiger partial charge in [0, 0.05) is 57.1 Å². The molecular weight excluding hydrogens is 529 g/mol. The van der Waals surface area contributed by atoms with Gasteiger partial charge in [-0.2, -0.15) is 18.4 Å². The van der Waals surface area contributed by atoms with Crippen molar-refractivity contribution >= 4 is 23.0 Å². The minimum atomic E-state index is -4.78. The van der Waals surface area contributed by atoms with Crippen LogP contribution in [0.1, 0.15) is 50.2 Å². The lowest BCUT2D eigenvalue weighted by molar-refractivity contribution is -0.130. The summed E-state index contributed by atoms with van der Waals surface area (Å²) in [6, 6.07) is 14.8. The number of nitrogens with zero attached hydrogens (tertiary/aromatic N) is 4. The number of anilines is 1. The predicted molar refractivity (Wildman–Crippen MR) is 154 cm³/mol. The van der Waals surface area contributed by atoms with E-state index in [0.29, 0.717) is 18.2 Å². The molecule has 1 saturated carbocycles. The van der Waals surface area contributed by atoms with Crippen LogP contribution in [0.4, 0.5) is 24.5 Å². The van der Waals surface area contributed by atoms with Gasteiger partial charge in [-0.25, -0.2) is 4.99 Å². The number of benzene rings is 2. The van der Waals surface area contributed by atoms with Crippen molar-refractivity contribution in [2.24, 2.45) is 16.6 Å². The van der Waals surface area contributed by atoms with Crippen LogP contribution in [0.25, 0.3) is 0 Å². The molecule has 1 aliphatic heterocycles. The highest BCUT2D eigenvalue weighted by Gasteiger charge is 2.38. The number of aliphatic imine (C=N–C) groups is 1. The van der Waals surface area contributed by atoms with Crippen LogP contribution in [0.5, 0.6) is 0 Å². The minimum Gasteiger partial charge on any atom is -0.403 e. The number of piperidine rings is 1. The van der Waals surface area contributed by atoms with Crippen molar-refractivity contribution in [2.45, 2.75) is 51.7 Å². The predicted octanol–water partition coefficient (Wildman–Crippen LogP) is 6.23. The topological polar surface area (TPSA) is 97.8 Å². The third kappa shape index (κ3) is 7.48. The van der Waals surface area contributed by atoms with Crippen molar-refractivity contribution in [1.29, 1.82) is 5.26 Å². The zero-order valence-corrected chi connectivity index (χ0v) is 23.3. The molecule has 0 atom stereocenters. The van der Waals surface area contributed by atoms with E-state index in [0.717, 1.165) is 50.5 Å². The van der Waals surface area contributed by atoms with Crippen molar-refractivity contribution in [3.63, 3.8) is 0 Å². The van der Waals surface area contributed by atoms with Crippen molar-refractivity contribution in [1.82, 2.24) is 9.80 Å². The summed E-state index contributed by atoms with van der Waals surface area (Å²) in [7, 11) is 2.09. The molecule has 0 aromatic heterocycles. The third-order valence-electron chi connectivity index (χ3n) is 7.62. The number of hydrogen-bond donors (Lipinski definition) is 2. The molecule has 3 N–H and O–H groups in total. The molecule has 0 unspecified atom stereocenters. The molecule has 4 rings (SSSR count). The Bertz CT molecular complexity index is 1370. The van der Waals surface area contributed by atoms with Crippen molar-refractivity contribution in [3.8, 4) is 6.07 Å². The summed E-state index contributed by atoms with van der Waals surface area (Å²) < 4.78 is 41.9. The lowest BCUT2D eigenvalue weighted by atomic mass is 9.82. The Hall–Kier alpha value is -4.26. The van der Waals surface area contributed by atoms with Gasteiger partial charge in [-0.1, -0.05) is 23.8 Å². The van der Waals surface area contributed by atoms with Gasteiger partial charge in [0.15, 0.2) is 5.71 Å². The zero-order valence-electron chi connectivity index (χ0n) is 23.3. The molecule has 2 aromatic rings. The summed E-state index contributed by atoms with van der Waals surface area (Å²) in [5.41, 5.74) is 8.56. The van der Waals surface area contributed by atoms with E-state index in [1.807, 2.05) is 23.1 Å². The van der Waals surface area contributed by atoms with Crippen LogP contribution in [-0.2, 0) is 11.3 Å². The van der Waals surface area contributed by atoms with Crippen LogP contribution in [0.15, 0.2) is 76.7 Å². The number of rotatable bonds is 8. The average Bonchev–Trinajstić information content (AvgIpc) is 2.93. The lowest BCUT2D eigenvalue weighted by Crippen LogP contribution is -2.39. The first-order valence-electron chi connectivity index (χ1n) is 13.7. The Balaban J connectivity index is 1.47. The largest absolute Gasteiger partial charge is 0.435 e. The van der Waals surface area contributed by atoms with Crippen molar-refractivity contribution in [2.75, 3.05) is 25.5 Å². The molecule has 0 bridgehead atoms. The average molecular weight is 565 g/mol. The molecule has 2 aromatic carbocycles. The van der Waals surface area contributed by atoms with E-state index < -0.39 is 17.6 Å². The van der Waals surface area contributed by atoms with Crippen LogP contribution >= 0.6 is 0 Å². The molecule has 41 heavy (non-hydrogen) atoms. The maximum Gasteiger partial charge on any atom is 0.435 e. The number of amides is 1. The van der Waals surface area contributed by atoms with Gasteiger partial charge in [0.1, 0.15) is 0 Å². The molecule has 0 spiro atoms. The Kier molecular flexibility index (Phi) is 9.38. The summed E-state index contributed by atoms with van der Waals surface area (Å²) in [5, 5.41) is 11.8. The van der Waals surface area contributed by atoms with E-state index in [-0.39, 0.29) is 17.2 Å². The third-order valence-corrected chi connectivity index (χ3v) is 7.62. The van der Waals surface area contributed by atoms with Crippen LogP contribution in [0.2, 0.25) is 0 Å². The molecule has 1 amide bonds.